The zero-order valence-electron chi connectivity index (χ0n) is 14.8. The van der Waals surface area contributed by atoms with E-state index in [9.17, 15) is 10.1 Å². The Balaban J connectivity index is 1.49. The Morgan fingerprint density at radius 1 is 1.00 bits per heavy atom. The zero-order chi connectivity index (χ0) is 18.8. The van der Waals surface area contributed by atoms with Crippen LogP contribution >= 0.6 is 0 Å². The molecule has 9 heteroatoms. The minimum atomic E-state index is -0.395. The van der Waals surface area contributed by atoms with Gasteiger partial charge in [0.15, 0.2) is 5.82 Å². The maximum Gasteiger partial charge on any atom is 0.270 e. The second-order valence-corrected chi connectivity index (χ2v) is 6.20. The summed E-state index contributed by atoms with van der Waals surface area (Å²) in [5, 5.41) is 11.7. The molecule has 1 aliphatic rings. The minimum absolute atomic E-state index is 0.0741. The number of benzene rings is 1. The van der Waals surface area contributed by atoms with Gasteiger partial charge in [0.1, 0.15) is 5.82 Å². The van der Waals surface area contributed by atoms with Crippen LogP contribution in [-0.4, -0.2) is 53.2 Å². The minimum Gasteiger partial charge on any atom is -0.480 e. The van der Waals surface area contributed by atoms with Gasteiger partial charge in [-0.2, -0.15) is 4.98 Å². The highest BCUT2D eigenvalue weighted by atomic mass is 16.6. The summed E-state index contributed by atoms with van der Waals surface area (Å²) in [6.45, 7) is 3.18. The predicted octanol–water partition coefficient (Wildman–Crippen LogP) is 2.27. The molecule has 3 aromatic rings. The van der Waals surface area contributed by atoms with Crippen molar-refractivity contribution in [1.29, 1.82) is 0 Å². The topological polar surface area (TPSA) is 97.5 Å². The number of fused-ring (bicyclic) bond motifs is 1. The molecule has 3 heterocycles. The fourth-order valence-electron chi connectivity index (χ4n) is 3.15. The summed E-state index contributed by atoms with van der Waals surface area (Å²) in [6, 6.07) is 8.51. The molecule has 9 nitrogen and oxygen atoms in total. The smallest absolute Gasteiger partial charge is 0.270 e. The van der Waals surface area contributed by atoms with Gasteiger partial charge in [-0.15, -0.1) is 0 Å². The zero-order valence-corrected chi connectivity index (χ0v) is 14.8. The van der Waals surface area contributed by atoms with Crippen LogP contribution in [0, 0.1) is 10.1 Å². The largest absolute Gasteiger partial charge is 0.480 e. The number of pyridine rings is 1. The number of rotatable bonds is 4. The van der Waals surface area contributed by atoms with E-state index in [2.05, 4.69) is 24.8 Å². The maximum absolute atomic E-state index is 10.9. The molecule has 138 valence electrons. The van der Waals surface area contributed by atoms with Crippen LogP contribution < -0.4 is 14.5 Å². The highest BCUT2D eigenvalue weighted by molar-refractivity contribution is 5.82. The molecule has 1 aliphatic heterocycles. The van der Waals surface area contributed by atoms with Gasteiger partial charge in [0.05, 0.1) is 29.9 Å². The molecule has 0 unspecified atom stereocenters. The second kappa shape index (κ2) is 7.02. The fraction of sp³-hybridized carbons (Fsp3) is 0.278. The third-order valence-corrected chi connectivity index (χ3v) is 4.61. The predicted molar refractivity (Wildman–Crippen MR) is 101 cm³/mol. The van der Waals surface area contributed by atoms with E-state index >= 15 is 0 Å². The monoisotopic (exact) mass is 366 g/mol. The molecule has 1 saturated heterocycles. The van der Waals surface area contributed by atoms with Crippen molar-refractivity contribution >= 4 is 28.2 Å². The van der Waals surface area contributed by atoms with Gasteiger partial charge in [0, 0.05) is 43.7 Å². The third kappa shape index (κ3) is 3.43. The first-order valence-electron chi connectivity index (χ1n) is 8.55. The van der Waals surface area contributed by atoms with Crippen LogP contribution in [0.3, 0.4) is 0 Å². The average molecular weight is 366 g/mol. The Morgan fingerprint density at radius 3 is 2.44 bits per heavy atom. The van der Waals surface area contributed by atoms with Gasteiger partial charge in [0.2, 0.25) is 5.88 Å². The molecular formula is C18H18N6O3. The van der Waals surface area contributed by atoms with Gasteiger partial charge < -0.3 is 14.5 Å². The summed E-state index contributed by atoms with van der Waals surface area (Å²) in [5.74, 6) is 2.17. The van der Waals surface area contributed by atoms with Gasteiger partial charge in [-0.05, 0) is 18.2 Å². The van der Waals surface area contributed by atoms with Crippen molar-refractivity contribution in [3.63, 3.8) is 0 Å². The standard InChI is InChI=1S/C18H18N6O3/c1-27-18-12-19-11-17(21-18)23-8-6-22(7-9-23)16-5-2-13-10-14(24(25)26)3-4-15(13)20-16/h2-5,10-12H,6-9H2,1H3. The SMILES string of the molecule is COc1cncc(N2CCN(c3ccc4cc([N+](=O)[O-])ccc4n3)CC2)n1. The lowest BCUT2D eigenvalue weighted by atomic mass is 10.2. The normalized spacial score (nSPS) is 14.4. The lowest BCUT2D eigenvalue weighted by molar-refractivity contribution is -0.384. The number of nitrogens with zero attached hydrogens (tertiary/aromatic N) is 6. The van der Waals surface area contributed by atoms with Gasteiger partial charge >= 0.3 is 0 Å². The number of hydrogen-bond donors (Lipinski definition) is 0. The Kier molecular flexibility index (Phi) is 4.41. The van der Waals surface area contributed by atoms with Gasteiger partial charge in [-0.1, -0.05) is 0 Å². The Bertz CT molecular complexity index is 988. The fourth-order valence-corrected chi connectivity index (χ4v) is 3.15. The first-order valence-corrected chi connectivity index (χ1v) is 8.55. The van der Waals surface area contributed by atoms with E-state index in [1.54, 1.807) is 31.6 Å². The van der Waals surface area contributed by atoms with E-state index in [-0.39, 0.29) is 5.69 Å². The summed E-state index contributed by atoms with van der Waals surface area (Å²) in [4.78, 5) is 28.1. The first-order chi connectivity index (χ1) is 13.1. The quantitative estimate of drug-likeness (QED) is 0.512. The van der Waals surface area contributed by atoms with Crippen molar-refractivity contribution in [1.82, 2.24) is 15.0 Å². The molecule has 27 heavy (non-hydrogen) atoms. The molecule has 1 fully saturated rings. The molecule has 0 spiro atoms. The van der Waals surface area contributed by atoms with Crippen molar-refractivity contribution in [2.45, 2.75) is 0 Å². The van der Waals surface area contributed by atoms with Crippen molar-refractivity contribution in [3.8, 4) is 5.88 Å². The molecular weight excluding hydrogens is 348 g/mol. The molecule has 0 amide bonds. The molecule has 0 saturated carbocycles. The number of ether oxygens (including phenoxy) is 1. The first kappa shape index (κ1) is 17.0. The Morgan fingerprint density at radius 2 is 1.74 bits per heavy atom. The van der Waals surface area contributed by atoms with Crippen molar-refractivity contribution < 1.29 is 9.66 Å². The van der Waals surface area contributed by atoms with Crippen LogP contribution in [-0.2, 0) is 0 Å². The van der Waals surface area contributed by atoms with Gasteiger partial charge in [0.25, 0.3) is 5.69 Å². The van der Waals surface area contributed by atoms with Crippen LogP contribution in [0.15, 0.2) is 42.7 Å². The van der Waals surface area contributed by atoms with E-state index < -0.39 is 4.92 Å². The molecule has 1 aromatic carbocycles. The number of nitro groups is 1. The number of methoxy groups -OCH3 is 1. The van der Waals surface area contributed by atoms with Crippen molar-refractivity contribution in [2.75, 3.05) is 43.1 Å². The van der Waals surface area contributed by atoms with Crippen molar-refractivity contribution in [2.24, 2.45) is 0 Å². The van der Waals surface area contributed by atoms with Crippen LogP contribution in [0.1, 0.15) is 0 Å². The molecule has 4 rings (SSSR count). The number of aromatic nitrogens is 3. The molecule has 0 bridgehead atoms. The molecule has 2 aromatic heterocycles. The molecule has 0 atom stereocenters. The third-order valence-electron chi connectivity index (χ3n) is 4.61. The summed E-state index contributed by atoms with van der Waals surface area (Å²) < 4.78 is 5.14. The van der Waals surface area contributed by atoms with E-state index in [0.717, 1.165) is 48.7 Å². The summed E-state index contributed by atoms with van der Waals surface area (Å²) in [7, 11) is 1.58. The van der Waals surface area contributed by atoms with Crippen LogP contribution in [0.25, 0.3) is 10.9 Å². The number of hydrogen-bond acceptors (Lipinski definition) is 8. The Hall–Kier alpha value is -3.49. The summed E-state index contributed by atoms with van der Waals surface area (Å²) >= 11 is 0. The number of piperazine rings is 1. The number of anilines is 2. The Labute approximate surface area is 155 Å². The van der Waals surface area contributed by atoms with Crippen LogP contribution in [0.4, 0.5) is 17.3 Å². The van der Waals surface area contributed by atoms with E-state index in [1.807, 2.05) is 12.1 Å². The van der Waals surface area contributed by atoms with Crippen LogP contribution in [0.5, 0.6) is 5.88 Å². The number of non-ortho nitro benzene ring substituents is 1. The van der Waals surface area contributed by atoms with E-state index in [0.29, 0.717) is 5.88 Å². The highest BCUT2D eigenvalue weighted by Crippen LogP contribution is 2.24. The van der Waals surface area contributed by atoms with E-state index in [1.165, 1.54) is 6.07 Å². The molecule has 0 radical (unpaired) electrons. The van der Waals surface area contributed by atoms with Crippen molar-refractivity contribution in [3.05, 3.63) is 52.8 Å². The summed E-state index contributed by atoms with van der Waals surface area (Å²) in [6.07, 6.45) is 3.32. The van der Waals surface area contributed by atoms with Gasteiger partial charge in [-0.3, -0.25) is 15.1 Å². The summed E-state index contributed by atoms with van der Waals surface area (Å²) in [5.41, 5.74) is 0.823. The second-order valence-electron chi connectivity index (χ2n) is 6.20. The van der Waals surface area contributed by atoms with Gasteiger partial charge in [-0.25, -0.2) is 4.98 Å². The molecule has 0 aliphatic carbocycles. The molecule has 0 N–H and O–H groups in total. The lowest BCUT2D eigenvalue weighted by Gasteiger charge is -2.36. The lowest BCUT2D eigenvalue weighted by Crippen LogP contribution is -2.47. The highest BCUT2D eigenvalue weighted by Gasteiger charge is 2.20. The van der Waals surface area contributed by atoms with Crippen LogP contribution in [0.2, 0.25) is 0 Å². The maximum atomic E-state index is 10.9. The number of nitro benzene ring substituents is 1. The average Bonchev–Trinajstić information content (AvgIpc) is 2.73. The van der Waals surface area contributed by atoms with E-state index in [4.69, 9.17) is 4.74 Å².